The molecule has 3 nitrogen and oxygen atoms in total. The van der Waals surface area contributed by atoms with E-state index in [1.807, 2.05) is 18.2 Å². The van der Waals surface area contributed by atoms with Gasteiger partial charge in [-0.05, 0) is 77.4 Å². The summed E-state index contributed by atoms with van der Waals surface area (Å²) >= 11 is 7.05. The summed E-state index contributed by atoms with van der Waals surface area (Å²) in [6.45, 7) is 2.19. The van der Waals surface area contributed by atoms with Crippen LogP contribution in [0.2, 0.25) is 0 Å². The van der Waals surface area contributed by atoms with Crippen LogP contribution < -0.4 is 5.32 Å². The number of carbonyl (C=O) groups is 1. The Hall–Kier alpha value is -1.33. The van der Waals surface area contributed by atoms with E-state index in [1.54, 1.807) is 0 Å². The summed E-state index contributed by atoms with van der Waals surface area (Å²) in [6.07, 6.45) is 7.79. The molecule has 2 aromatic rings. The van der Waals surface area contributed by atoms with Gasteiger partial charge in [-0.3, -0.25) is 4.79 Å². The summed E-state index contributed by atoms with van der Waals surface area (Å²) in [7, 11) is 0. The minimum absolute atomic E-state index is 0.0431. The standard InChI is InChI=1S/C19H18Br2N2O/c1-2-11-12-5-3-4-6-16(12)22-17(11)9-14-13-7-10(20)8-15(21)18(13)23-19(14)24/h7-9,22H,2-6H2,1H3,(H,23,24). The van der Waals surface area contributed by atoms with Crippen molar-refractivity contribution in [2.24, 2.45) is 0 Å². The van der Waals surface area contributed by atoms with Crippen LogP contribution in [0.4, 0.5) is 5.69 Å². The highest BCUT2D eigenvalue weighted by atomic mass is 79.9. The molecule has 2 aliphatic rings. The number of hydrogen-bond acceptors (Lipinski definition) is 1. The Balaban J connectivity index is 1.86. The molecule has 0 atom stereocenters. The van der Waals surface area contributed by atoms with Gasteiger partial charge in [0.1, 0.15) is 0 Å². The number of aromatic nitrogens is 1. The molecule has 0 fully saturated rings. The lowest BCUT2D eigenvalue weighted by Crippen LogP contribution is -2.04. The molecule has 0 unspecified atom stereocenters. The number of carbonyl (C=O) groups excluding carboxylic acids is 1. The van der Waals surface area contributed by atoms with E-state index in [4.69, 9.17) is 0 Å². The van der Waals surface area contributed by atoms with Gasteiger partial charge in [-0.1, -0.05) is 22.9 Å². The number of H-pyrrole nitrogens is 1. The maximum absolute atomic E-state index is 12.5. The number of rotatable bonds is 2. The number of amides is 1. The van der Waals surface area contributed by atoms with Gasteiger partial charge in [-0.25, -0.2) is 0 Å². The zero-order valence-corrected chi connectivity index (χ0v) is 16.6. The minimum atomic E-state index is -0.0431. The van der Waals surface area contributed by atoms with Crippen molar-refractivity contribution < 1.29 is 4.79 Å². The fourth-order valence-corrected chi connectivity index (χ4v) is 5.13. The van der Waals surface area contributed by atoms with Crippen molar-refractivity contribution in [3.63, 3.8) is 0 Å². The molecule has 24 heavy (non-hydrogen) atoms. The number of hydrogen-bond donors (Lipinski definition) is 2. The molecule has 1 aromatic heterocycles. The van der Waals surface area contributed by atoms with E-state index in [0.29, 0.717) is 0 Å². The van der Waals surface area contributed by atoms with Crippen LogP contribution in [0.5, 0.6) is 0 Å². The topological polar surface area (TPSA) is 44.9 Å². The van der Waals surface area contributed by atoms with Crippen molar-refractivity contribution in [3.8, 4) is 0 Å². The van der Waals surface area contributed by atoms with E-state index >= 15 is 0 Å². The van der Waals surface area contributed by atoms with E-state index in [-0.39, 0.29) is 5.91 Å². The molecule has 0 saturated heterocycles. The second-order valence-electron chi connectivity index (χ2n) is 6.36. The second kappa shape index (κ2) is 6.19. The fraction of sp³-hybridized carbons (Fsp3) is 0.316. The van der Waals surface area contributed by atoms with Gasteiger partial charge >= 0.3 is 0 Å². The van der Waals surface area contributed by atoms with Gasteiger partial charge in [0.25, 0.3) is 5.91 Å². The predicted molar refractivity (Wildman–Crippen MR) is 105 cm³/mol. The Kier molecular flexibility index (Phi) is 4.17. The molecule has 0 saturated carbocycles. The molecule has 5 heteroatoms. The quantitative estimate of drug-likeness (QED) is 0.586. The largest absolute Gasteiger partial charge is 0.358 e. The molecule has 1 aliphatic carbocycles. The van der Waals surface area contributed by atoms with Crippen LogP contribution in [-0.2, 0) is 24.1 Å². The first-order chi connectivity index (χ1) is 11.6. The van der Waals surface area contributed by atoms with Crippen molar-refractivity contribution in [3.05, 3.63) is 49.2 Å². The second-order valence-corrected chi connectivity index (χ2v) is 8.13. The third kappa shape index (κ3) is 2.58. The lowest BCUT2D eigenvalue weighted by atomic mass is 9.93. The maximum atomic E-state index is 12.5. The number of anilines is 1. The first kappa shape index (κ1) is 16.2. The smallest absolute Gasteiger partial charge is 0.256 e. The van der Waals surface area contributed by atoms with Crippen molar-refractivity contribution in [1.82, 2.24) is 4.98 Å². The number of aryl methyl sites for hydroxylation is 1. The van der Waals surface area contributed by atoms with Gasteiger partial charge in [0.05, 0.1) is 11.3 Å². The minimum Gasteiger partial charge on any atom is -0.358 e. The number of halogens is 2. The van der Waals surface area contributed by atoms with E-state index in [0.717, 1.165) is 50.7 Å². The highest BCUT2D eigenvalue weighted by molar-refractivity contribution is 9.11. The normalized spacial score (nSPS) is 17.8. The lowest BCUT2D eigenvalue weighted by molar-refractivity contribution is -0.110. The van der Waals surface area contributed by atoms with Crippen LogP contribution in [0, 0.1) is 0 Å². The summed E-state index contributed by atoms with van der Waals surface area (Å²) in [5.41, 5.74) is 7.81. The highest BCUT2D eigenvalue weighted by Crippen LogP contribution is 2.41. The summed E-state index contributed by atoms with van der Waals surface area (Å²) in [4.78, 5) is 16.1. The molecule has 1 aromatic carbocycles. The Bertz CT molecular complexity index is 880. The summed E-state index contributed by atoms with van der Waals surface area (Å²) in [5.74, 6) is -0.0431. The molecular weight excluding hydrogens is 432 g/mol. The van der Waals surface area contributed by atoms with Gasteiger partial charge in [0, 0.05) is 25.9 Å². The molecule has 1 amide bonds. The van der Waals surface area contributed by atoms with E-state index in [9.17, 15) is 4.79 Å². The summed E-state index contributed by atoms with van der Waals surface area (Å²) < 4.78 is 1.85. The zero-order chi connectivity index (χ0) is 16.8. The third-order valence-electron chi connectivity index (χ3n) is 4.91. The molecule has 2 heterocycles. The number of fused-ring (bicyclic) bond motifs is 2. The zero-order valence-electron chi connectivity index (χ0n) is 13.4. The van der Waals surface area contributed by atoms with Crippen LogP contribution in [0.15, 0.2) is 21.1 Å². The van der Waals surface area contributed by atoms with Crippen molar-refractivity contribution in [2.45, 2.75) is 39.0 Å². The third-order valence-corrected chi connectivity index (χ3v) is 6.00. The average Bonchev–Trinajstić information content (AvgIpc) is 3.06. The highest BCUT2D eigenvalue weighted by Gasteiger charge is 2.27. The first-order valence-corrected chi connectivity index (χ1v) is 9.92. The molecule has 1 aliphatic heterocycles. The lowest BCUT2D eigenvalue weighted by Gasteiger charge is -2.11. The molecule has 0 spiro atoms. The van der Waals surface area contributed by atoms with Crippen LogP contribution in [0.3, 0.4) is 0 Å². The van der Waals surface area contributed by atoms with Gasteiger partial charge in [-0.2, -0.15) is 0 Å². The molecule has 0 bridgehead atoms. The SMILES string of the molecule is CCc1c(C=C2C(=O)Nc3c(Br)cc(Br)cc32)[nH]c2c1CCCC2. The van der Waals surface area contributed by atoms with Crippen molar-refractivity contribution in [2.75, 3.05) is 5.32 Å². The maximum Gasteiger partial charge on any atom is 0.256 e. The molecular formula is C19H18Br2N2O. The number of benzene rings is 1. The molecule has 4 rings (SSSR count). The van der Waals surface area contributed by atoms with Crippen LogP contribution >= 0.6 is 31.9 Å². The van der Waals surface area contributed by atoms with Crippen LogP contribution in [0.25, 0.3) is 11.6 Å². The molecule has 0 radical (unpaired) electrons. The van der Waals surface area contributed by atoms with Crippen molar-refractivity contribution in [1.29, 1.82) is 0 Å². The van der Waals surface area contributed by atoms with E-state index in [2.05, 4.69) is 49.1 Å². The molecule has 2 N–H and O–H groups in total. The Morgan fingerprint density at radius 2 is 2.00 bits per heavy atom. The van der Waals surface area contributed by atoms with Gasteiger partial charge in [0.15, 0.2) is 0 Å². The number of nitrogens with one attached hydrogen (secondary N) is 2. The first-order valence-electron chi connectivity index (χ1n) is 8.33. The number of aromatic amines is 1. The Morgan fingerprint density at radius 3 is 2.79 bits per heavy atom. The Labute approximate surface area is 158 Å². The summed E-state index contributed by atoms with van der Waals surface area (Å²) in [6, 6.07) is 3.95. The fourth-order valence-electron chi connectivity index (χ4n) is 3.81. The average molecular weight is 450 g/mol. The van der Waals surface area contributed by atoms with Crippen molar-refractivity contribution >= 4 is 55.1 Å². The predicted octanol–water partition coefficient (Wildman–Crippen LogP) is 5.47. The molecule has 124 valence electrons. The van der Waals surface area contributed by atoms with Gasteiger partial charge in [-0.15, -0.1) is 0 Å². The monoisotopic (exact) mass is 448 g/mol. The van der Waals surface area contributed by atoms with Gasteiger partial charge in [0.2, 0.25) is 0 Å². The van der Waals surface area contributed by atoms with E-state index in [1.165, 1.54) is 29.7 Å². The summed E-state index contributed by atoms with van der Waals surface area (Å²) in [5, 5.41) is 2.97. The van der Waals surface area contributed by atoms with Crippen LogP contribution in [0.1, 0.15) is 47.8 Å². The van der Waals surface area contributed by atoms with Crippen LogP contribution in [-0.4, -0.2) is 10.9 Å². The Morgan fingerprint density at radius 1 is 1.21 bits per heavy atom. The van der Waals surface area contributed by atoms with Gasteiger partial charge < -0.3 is 10.3 Å². The van der Waals surface area contributed by atoms with E-state index < -0.39 is 0 Å².